The van der Waals surface area contributed by atoms with Crippen LogP contribution < -0.4 is 0 Å². The van der Waals surface area contributed by atoms with Crippen molar-refractivity contribution in [3.8, 4) is 0 Å². The summed E-state index contributed by atoms with van der Waals surface area (Å²) in [5, 5.41) is 0. The Hall–Kier alpha value is -2.41. The Morgan fingerprint density at radius 3 is 1.81 bits per heavy atom. The zero-order chi connectivity index (χ0) is 19.4. The number of imide groups is 1. The molecular formula is C19H22ClN3O4. The van der Waals surface area contributed by atoms with E-state index in [0.717, 1.165) is 4.90 Å². The Morgan fingerprint density at radius 2 is 1.33 bits per heavy atom. The van der Waals surface area contributed by atoms with Crippen LogP contribution in [0.4, 0.5) is 0 Å². The van der Waals surface area contributed by atoms with Gasteiger partial charge in [-0.3, -0.25) is 24.1 Å². The van der Waals surface area contributed by atoms with Crippen LogP contribution in [0, 0.1) is 0 Å². The number of benzene rings is 1. The first kappa shape index (κ1) is 19.4. The summed E-state index contributed by atoms with van der Waals surface area (Å²) in [6.07, 6.45) is 1.17. The van der Waals surface area contributed by atoms with Gasteiger partial charge < -0.3 is 9.80 Å². The Kier molecular flexibility index (Phi) is 6.11. The third-order valence-corrected chi connectivity index (χ3v) is 5.20. The number of hydrogen-bond donors (Lipinski definition) is 0. The first-order valence-electron chi connectivity index (χ1n) is 9.09. The maximum Gasteiger partial charge on any atom is 0.261 e. The van der Waals surface area contributed by atoms with Gasteiger partial charge in [-0.05, 0) is 18.6 Å². The summed E-state index contributed by atoms with van der Waals surface area (Å²) in [7, 11) is 0. The van der Waals surface area contributed by atoms with Crippen molar-refractivity contribution in [2.45, 2.75) is 19.3 Å². The van der Waals surface area contributed by atoms with Crippen LogP contribution in [0.25, 0.3) is 0 Å². The summed E-state index contributed by atoms with van der Waals surface area (Å²) >= 11 is 5.61. The highest BCUT2D eigenvalue weighted by Crippen LogP contribution is 2.22. The average Bonchev–Trinajstić information content (AvgIpc) is 2.95. The lowest BCUT2D eigenvalue weighted by atomic mass is 10.1. The van der Waals surface area contributed by atoms with Crippen LogP contribution in [0.5, 0.6) is 0 Å². The van der Waals surface area contributed by atoms with Crippen LogP contribution in [0.15, 0.2) is 24.3 Å². The lowest BCUT2D eigenvalue weighted by molar-refractivity contribution is -0.139. The fraction of sp³-hybridized carbons (Fsp3) is 0.474. The van der Waals surface area contributed by atoms with Crippen LogP contribution in [0.2, 0.25) is 0 Å². The maximum absolute atomic E-state index is 12.4. The molecule has 1 aromatic rings. The van der Waals surface area contributed by atoms with E-state index in [0.29, 0.717) is 56.0 Å². The van der Waals surface area contributed by atoms with Crippen LogP contribution in [0.3, 0.4) is 0 Å². The molecule has 1 aromatic carbocycles. The molecule has 2 aliphatic heterocycles. The van der Waals surface area contributed by atoms with Crippen molar-refractivity contribution >= 4 is 35.2 Å². The van der Waals surface area contributed by atoms with E-state index >= 15 is 0 Å². The molecule has 1 fully saturated rings. The van der Waals surface area contributed by atoms with E-state index in [1.54, 1.807) is 34.1 Å². The molecular weight excluding hydrogens is 370 g/mol. The summed E-state index contributed by atoms with van der Waals surface area (Å²) in [5.74, 6) is -0.286. The van der Waals surface area contributed by atoms with E-state index in [1.807, 2.05) is 0 Å². The van der Waals surface area contributed by atoms with Crippen molar-refractivity contribution in [1.82, 2.24) is 14.7 Å². The van der Waals surface area contributed by atoms with E-state index in [2.05, 4.69) is 0 Å². The molecule has 1 saturated heterocycles. The van der Waals surface area contributed by atoms with Crippen LogP contribution >= 0.6 is 11.6 Å². The Morgan fingerprint density at radius 1 is 0.852 bits per heavy atom. The number of carbonyl (C=O) groups is 4. The van der Waals surface area contributed by atoms with Gasteiger partial charge in [-0.2, -0.15) is 0 Å². The number of fused-ring (bicyclic) bond motifs is 1. The highest BCUT2D eigenvalue weighted by atomic mass is 35.5. The fourth-order valence-electron chi connectivity index (χ4n) is 3.39. The lowest BCUT2D eigenvalue weighted by Gasteiger charge is -2.35. The second kappa shape index (κ2) is 8.52. The van der Waals surface area contributed by atoms with Crippen LogP contribution in [-0.4, -0.2) is 76.9 Å². The number of halogens is 1. The van der Waals surface area contributed by atoms with Crippen molar-refractivity contribution in [3.63, 3.8) is 0 Å². The Labute approximate surface area is 162 Å². The quantitative estimate of drug-likeness (QED) is 0.542. The van der Waals surface area contributed by atoms with Gasteiger partial charge in [0, 0.05) is 51.4 Å². The van der Waals surface area contributed by atoms with Gasteiger partial charge in [0.05, 0.1) is 11.1 Å². The molecule has 0 radical (unpaired) electrons. The first-order valence-corrected chi connectivity index (χ1v) is 9.63. The van der Waals surface area contributed by atoms with E-state index in [9.17, 15) is 19.2 Å². The Bertz CT molecular complexity index is 724. The normalized spacial score (nSPS) is 16.7. The molecule has 0 saturated carbocycles. The number of alkyl halides is 1. The molecule has 0 spiro atoms. The monoisotopic (exact) mass is 391 g/mol. The molecule has 144 valence electrons. The molecule has 8 heteroatoms. The van der Waals surface area contributed by atoms with Crippen molar-refractivity contribution < 1.29 is 19.2 Å². The molecule has 0 N–H and O–H groups in total. The number of amides is 4. The van der Waals surface area contributed by atoms with Crippen LogP contribution in [0.1, 0.15) is 40.0 Å². The van der Waals surface area contributed by atoms with E-state index in [-0.39, 0.29) is 36.6 Å². The standard InChI is InChI=1S/C19H22ClN3O4/c20-8-3-6-16(24)21-10-12-22(13-11-21)17(25)7-9-23-18(26)14-4-1-2-5-15(14)19(23)27/h1-2,4-5H,3,6-13H2. The average molecular weight is 392 g/mol. The topological polar surface area (TPSA) is 78.0 Å². The molecule has 0 aromatic heterocycles. The predicted octanol–water partition coefficient (Wildman–Crippen LogP) is 1.36. The first-order chi connectivity index (χ1) is 13.0. The highest BCUT2D eigenvalue weighted by molar-refractivity contribution is 6.21. The third-order valence-electron chi connectivity index (χ3n) is 4.94. The zero-order valence-electron chi connectivity index (χ0n) is 15.0. The zero-order valence-corrected chi connectivity index (χ0v) is 15.8. The van der Waals surface area contributed by atoms with E-state index < -0.39 is 0 Å². The molecule has 0 bridgehead atoms. The van der Waals surface area contributed by atoms with E-state index in [1.165, 1.54) is 0 Å². The van der Waals surface area contributed by atoms with Crippen molar-refractivity contribution in [1.29, 1.82) is 0 Å². The molecule has 0 aliphatic carbocycles. The molecule has 2 heterocycles. The molecule has 27 heavy (non-hydrogen) atoms. The SMILES string of the molecule is O=C(CCCCl)N1CCN(C(=O)CCN2C(=O)c3ccccc3C2=O)CC1. The van der Waals surface area contributed by atoms with Crippen LogP contribution in [-0.2, 0) is 9.59 Å². The number of nitrogens with zero attached hydrogens (tertiary/aromatic N) is 3. The van der Waals surface area contributed by atoms with Gasteiger partial charge in [-0.1, -0.05) is 12.1 Å². The maximum atomic E-state index is 12.4. The Balaban J connectivity index is 1.48. The molecule has 4 amide bonds. The smallest absolute Gasteiger partial charge is 0.261 e. The molecule has 7 nitrogen and oxygen atoms in total. The van der Waals surface area contributed by atoms with Crippen molar-refractivity contribution in [2.24, 2.45) is 0 Å². The van der Waals surface area contributed by atoms with Gasteiger partial charge in [0.25, 0.3) is 11.8 Å². The van der Waals surface area contributed by atoms with E-state index in [4.69, 9.17) is 11.6 Å². The predicted molar refractivity (Wildman–Crippen MR) is 99.5 cm³/mol. The molecule has 0 unspecified atom stereocenters. The van der Waals surface area contributed by atoms with Gasteiger partial charge in [-0.15, -0.1) is 11.6 Å². The summed E-state index contributed by atoms with van der Waals surface area (Å²) in [6.45, 7) is 2.00. The van der Waals surface area contributed by atoms with Crippen molar-refractivity contribution in [2.75, 3.05) is 38.6 Å². The van der Waals surface area contributed by atoms with Gasteiger partial charge in [0.15, 0.2) is 0 Å². The van der Waals surface area contributed by atoms with Gasteiger partial charge >= 0.3 is 0 Å². The summed E-state index contributed by atoms with van der Waals surface area (Å²) in [5.41, 5.74) is 0.776. The molecule has 3 rings (SSSR count). The number of piperazine rings is 1. The minimum atomic E-state index is -0.349. The second-order valence-electron chi connectivity index (χ2n) is 6.61. The van der Waals surface area contributed by atoms with Crippen molar-refractivity contribution in [3.05, 3.63) is 35.4 Å². The summed E-state index contributed by atoms with van der Waals surface area (Å²) in [6, 6.07) is 6.68. The van der Waals surface area contributed by atoms with Gasteiger partial charge in [-0.25, -0.2) is 0 Å². The highest BCUT2D eigenvalue weighted by Gasteiger charge is 2.35. The third kappa shape index (κ3) is 4.13. The number of carbonyl (C=O) groups excluding carboxylic acids is 4. The van der Waals surface area contributed by atoms with Gasteiger partial charge in [0.2, 0.25) is 11.8 Å². The summed E-state index contributed by atoms with van der Waals surface area (Å²) in [4.78, 5) is 53.7. The number of rotatable bonds is 6. The minimum Gasteiger partial charge on any atom is -0.339 e. The minimum absolute atomic E-state index is 0.0637. The van der Waals surface area contributed by atoms with Gasteiger partial charge in [0.1, 0.15) is 0 Å². The number of hydrogen-bond acceptors (Lipinski definition) is 4. The molecule has 2 aliphatic rings. The second-order valence-corrected chi connectivity index (χ2v) is 6.99. The molecule has 0 atom stereocenters. The largest absolute Gasteiger partial charge is 0.339 e. The fourth-order valence-corrected chi connectivity index (χ4v) is 3.52. The lowest BCUT2D eigenvalue weighted by Crippen LogP contribution is -2.51. The summed E-state index contributed by atoms with van der Waals surface area (Å²) < 4.78 is 0.